The number of amides is 2. The number of urea groups is 1. The number of halogens is 1. The van der Waals surface area contributed by atoms with E-state index in [2.05, 4.69) is 15.6 Å². The van der Waals surface area contributed by atoms with Crippen molar-refractivity contribution in [2.24, 2.45) is 0 Å². The highest BCUT2D eigenvalue weighted by Crippen LogP contribution is 2.18. The zero-order valence-corrected chi connectivity index (χ0v) is 13.9. The van der Waals surface area contributed by atoms with Gasteiger partial charge in [-0.25, -0.2) is 9.78 Å². The first-order valence-corrected chi connectivity index (χ1v) is 8.11. The van der Waals surface area contributed by atoms with E-state index in [0.717, 1.165) is 10.7 Å². The molecule has 1 aromatic heterocycles. The van der Waals surface area contributed by atoms with Crippen LogP contribution in [0, 0.1) is 6.92 Å². The van der Waals surface area contributed by atoms with Crippen LogP contribution in [0.3, 0.4) is 0 Å². The molecule has 0 spiro atoms. The van der Waals surface area contributed by atoms with E-state index in [1.807, 2.05) is 19.2 Å². The number of carbonyl (C=O) groups excluding carboxylic acids is 1. The molecule has 2 aromatic rings. The van der Waals surface area contributed by atoms with Gasteiger partial charge >= 0.3 is 6.03 Å². The van der Waals surface area contributed by atoms with Crippen molar-refractivity contribution in [1.82, 2.24) is 15.6 Å². The molecular formula is C15H18ClN3O2S. The summed E-state index contributed by atoms with van der Waals surface area (Å²) in [5.74, 6) is 0. The molecule has 0 fully saturated rings. The van der Waals surface area contributed by atoms with Gasteiger partial charge in [-0.3, -0.25) is 0 Å². The first-order chi connectivity index (χ1) is 10.5. The van der Waals surface area contributed by atoms with Gasteiger partial charge in [-0.1, -0.05) is 23.7 Å². The summed E-state index contributed by atoms with van der Waals surface area (Å²) in [5, 5.41) is 18.9. The average molecular weight is 340 g/mol. The zero-order chi connectivity index (χ0) is 16.1. The first-order valence-electron chi connectivity index (χ1n) is 6.85. The number of benzene rings is 1. The molecule has 1 heterocycles. The molecule has 7 heteroatoms. The number of hydrogen-bond acceptors (Lipinski definition) is 4. The van der Waals surface area contributed by atoms with Gasteiger partial charge in [0, 0.05) is 22.6 Å². The Labute approximate surface area is 138 Å². The van der Waals surface area contributed by atoms with Crippen LogP contribution in [0.15, 0.2) is 29.6 Å². The van der Waals surface area contributed by atoms with Crippen molar-refractivity contribution in [3.63, 3.8) is 0 Å². The maximum absolute atomic E-state index is 11.8. The molecule has 3 N–H and O–H groups in total. The summed E-state index contributed by atoms with van der Waals surface area (Å²) in [6, 6.07) is 6.35. The molecular weight excluding hydrogens is 322 g/mol. The van der Waals surface area contributed by atoms with E-state index in [4.69, 9.17) is 11.6 Å². The number of nitrogens with one attached hydrogen (secondary N) is 2. The van der Waals surface area contributed by atoms with Crippen LogP contribution in [-0.4, -0.2) is 22.7 Å². The van der Waals surface area contributed by atoms with Crippen LogP contribution in [0.25, 0.3) is 0 Å². The fraction of sp³-hybridized carbons (Fsp3) is 0.333. The third-order valence-corrected chi connectivity index (χ3v) is 4.46. The number of rotatable bonds is 5. The SMILES string of the molecule is Cc1csc([C@H](C)NC(=O)NC[C@@H](O)c2ccc(Cl)cc2)n1. The third kappa shape index (κ3) is 4.69. The number of carbonyl (C=O) groups is 1. The van der Waals surface area contributed by atoms with Crippen molar-refractivity contribution in [1.29, 1.82) is 0 Å². The molecule has 1 aromatic carbocycles. The molecule has 0 saturated carbocycles. The van der Waals surface area contributed by atoms with Gasteiger partial charge in [0.05, 0.1) is 12.1 Å². The Hall–Kier alpha value is -1.63. The second kappa shape index (κ2) is 7.58. The number of aromatic nitrogens is 1. The maximum Gasteiger partial charge on any atom is 0.315 e. The lowest BCUT2D eigenvalue weighted by molar-refractivity contribution is 0.172. The highest BCUT2D eigenvalue weighted by Gasteiger charge is 2.14. The van der Waals surface area contributed by atoms with Crippen LogP contribution < -0.4 is 10.6 Å². The Kier molecular flexibility index (Phi) is 5.76. The Morgan fingerprint density at radius 3 is 2.68 bits per heavy atom. The van der Waals surface area contributed by atoms with E-state index in [-0.39, 0.29) is 18.6 Å². The van der Waals surface area contributed by atoms with Crippen LogP contribution >= 0.6 is 22.9 Å². The van der Waals surface area contributed by atoms with Gasteiger partial charge in [-0.05, 0) is 31.5 Å². The third-order valence-electron chi connectivity index (χ3n) is 3.07. The minimum Gasteiger partial charge on any atom is -0.387 e. The molecule has 0 saturated heterocycles. The molecule has 118 valence electrons. The van der Waals surface area contributed by atoms with Gasteiger partial charge < -0.3 is 15.7 Å². The molecule has 0 aliphatic carbocycles. The monoisotopic (exact) mass is 339 g/mol. The lowest BCUT2D eigenvalue weighted by Crippen LogP contribution is -2.39. The summed E-state index contributed by atoms with van der Waals surface area (Å²) in [7, 11) is 0. The number of thiazole rings is 1. The Morgan fingerprint density at radius 2 is 2.09 bits per heavy atom. The van der Waals surface area contributed by atoms with Gasteiger partial charge in [-0.15, -0.1) is 11.3 Å². The van der Waals surface area contributed by atoms with Gasteiger partial charge in [0.25, 0.3) is 0 Å². The molecule has 2 atom stereocenters. The van der Waals surface area contributed by atoms with E-state index in [1.165, 1.54) is 11.3 Å². The number of nitrogens with zero attached hydrogens (tertiary/aromatic N) is 1. The van der Waals surface area contributed by atoms with Crippen LogP contribution in [-0.2, 0) is 0 Å². The van der Waals surface area contributed by atoms with E-state index in [9.17, 15) is 9.90 Å². The number of aliphatic hydroxyl groups is 1. The summed E-state index contributed by atoms with van der Waals surface area (Å²) in [6.45, 7) is 3.90. The summed E-state index contributed by atoms with van der Waals surface area (Å²) in [4.78, 5) is 16.2. The molecule has 0 bridgehead atoms. The fourth-order valence-corrected chi connectivity index (χ4v) is 2.80. The molecule has 0 radical (unpaired) electrons. The van der Waals surface area contributed by atoms with E-state index >= 15 is 0 Å². The second-order valence-corrected chi connectivity index (χ2v) is 6.30. The minimum atomic E-state index is -0.777. The van der Waals surface area contributed by atoms with Gasteiger partial charge in [-0.2, -0.15) is 0 Å². The molecule has 2 amide bonds. The topological polar surface area (TPSA) is 74.2 Å². The lowest BCUT2D eigenvalue weighted by atomic mass is 10.1. The molecule has 22 heavy (non-hydrogen) atoms. The summed E-state index contributed by atoms with van der Waals surface area (Å²) < 4.78 is 0. The summed E-state index contributed by atoms with van der Waals surface area (Å²) >= 11 is 7.30. The molecule has 5 nitrogen and oxygen atoms in total. The predicted octanol–water partition coefficient (Wildman–Crippen LogP) is 3.20. The first kappa shape index (κ1) is 16.7. The molecule has 2 rings (SSSR count). The van der Waals surface area contributed by atoms with Crippen LogP contribution in [0.2, 0.25) is 5.02 Å². The summed E-state index contributed by atoms with van der Waals surface area (Å²) in [6.07, 6.45) is -0.777. The predicted molar refractivity (Wildman–Crippen MR) is 88.2 cm³/mol. The van der Waals surface area contributed by atoms with Crippen LogP contribution in [0.1, 0.15) is 35.3 Å². The smallest absolute Gasteiger partial charge is 0.315 e. The van der Waals surface area contributed by atoms with Gasteiger partial charge in [0.2, 0.25) is 0 Å². The summed E-state index contributed by atoms with van der Waals surface area (Å²) in [5.41, 5.74) is 1.64. The second-order valence-electron chi connectivity index (χ2n) is 4.97. The van der Waals surface area contributed by atoms with Crippen molar-refractivity contribution in [2.45, 2.75) is 26.0 Å². The highest BCUT2D eigenvalue weighted by molar-refractivity contribution is 7.09. The number of aryl methyl sites for hydroxylation is 1. The van der Waals surface area contributed by atoms with Crippen molar-refractivity contribution >= 4 is 29.0 Å². The molecule has 0 aliphatic heterocycles. The fourth-order valence-electron chi connectivity index (χ4n) is 1.87. The Bertz CT molecular complexity index is 630. The maximum atomic E-state index is 11.8. The lowest BCUT2D eigenvalue weighted by Gasteiger charge is -2.15. The van der Waals surface area contributed by atoms with Crippen molar-refractivity contribution < 1.29 is 9.90 Å². The van der Waals surface area contributed by atoms with Crippen molar-refractivity contribution in [3.05, 3.63) is 50.9 Å². The van der Waals surface area contributed by atoms with Crippen molar-refractivity contribution in [3.8, 4) is 0 Å². The quantitative estimate of drug-likeness (QED) is 0.783. The number of hydrogen-bond donors (Lipinski definition) is 3. The standard InChI is InChI=1S/C15H18ClN3O2S/c1-9-8-22-14(18-9)10(2)19-15(21)17-7-13(20)11-3-5-12(16)6-4-11/h3-6,8,10,13,20H,7H2,1-2H3,(H2,17,19,21)/t10-,13+/m0/s1. The molecule has 0 aliphatic rings. The zero-order valence-electron chi connectivity index (χ0n) is 12.3. The van der Waals surface area contributed by atoms with Crippen molar-refractivity contribution in [2.75, 3.05) is 6.54 Å². The van der Waals surface area contributed by atoms with Gasteiger partial charge in [0.15, 0.2) is 0 Å². The Morgan fingerprint density at radius 1 is 1.41 bits per heavy atom. The van der Waals surface area contributed by atoms with Gasteiger partial charge in [0.1, 0.15) is 5.01 Å². The van der Waals surface area contributed by atoms with E-state index in [1.54, 1.807) is 24.3 Å². The normalized spacial score (nSPS) is 13.5. The van der Waals surface area contributed by atoms with Crippen LogP contribution in [0.4, 0.5) is 4.79 Å². The van der Waals surface area contributed by atoms with Crippen LogP contribution in [0.5, 0.6) is 0 Å². The highest BCUT2D eigenvalue weighted by atomic mass is 35.5. The minimum absolute atomic E-state index is 0.122. The van der Waals surface area contributed by atoms with E-state index in [0.29, 0.717) is 10.6 Å². The average Bonchev–Trinajstić information content (AvgIpc) is 2.92. The van der Waals surface area contributed by atoms with E-state index < -0.39 is 6.10 Å². The Balaban J connectivity index is 1.81. The largest absolute Gasteiger partial charge is 0.387 e. The number of aliphatic hydroxyl groups excluding tert-OH is 1. The molecule has 0 unspecified atom stereocenters.